The summed E-state index contributed by atoms with van der Waals surface area (Å²) in [6, 6.07) is 5.40. The van der Waals surface area contributed by atoms with Crippen LogP contribution in [0.4, 0.5) is 5.69 Å². The van der Waals surface area contributed by atoms with E-state index in [1.165, 1.54) is 16.2 Å². The number of anilines is 1. The minimum atomic E-state index is -0.633. The number of benzene rings is 1. The van der Waals surface area contributed by atoms with Crippen molar-refractivity contribution in [3.8, 4) is 0 Å². The number of nitrogens with zero attached hydrogens (tertiary/aromatic N) is 2. The number of imide groups is 1. The summed E-state index contributed by atoms with van der Waals surface area (Å²) in [5.74, 6) is -1.02. The fourth-order valence-electron chi connectivity index (χ4n) is 4.21. The number of piperidine rings is 1. The van der Waals surface area contributed by atoms with Crippen molar-refractivity contribution in [1.29, 1.82) is 0 Å². The van der Waals surface area contributed by atoms with E-state index in [4.69, 9.17) is 0 Å². The Labute approximate surface area is 190 Å². The van der Waals surface area contributed by atoms with Gasteiger partial charge in [0.1, 0.15) is 6.04 Å². The van der Waals surface area contributed by atoms with E-state index in [9.17, 15) is 19.2 Å². The monoisotopic (exact) mass is 454 g/mol. The van der Waals surface area contributed by atoms with E-state index in [2.05, 4.69) is 16.7 Å². The number of fused-ring (bicyclic) bond motifs is 1. The molecule has 0 spiro atoms. The summed E-state index contributed by atoms with van der Waals surface area (Å²) < 4.78 is 0. The lowest BCUT2D eigenvalue weighted by atomic mass is 10.0. The molecule has 9 heteroatoms. The van der Waals surface area contributed by atoms with Gasteiger partial charge in [-0.15, -0.1) is 11.3 Å². The van der Waals surface area contributed by atoms with Gasteiger partial charge in [0.25, 0.3) is 5.91 Å². The molecule has 2 aliphatic rings. The Morgan fingerprint density at radius 2 is 2.06 bits per heavy atom. The maximum atomic E-state index is 12.8. The van der Waals surface area contributed by atoms with Crippen LogP contribution in [-0.2, 0) is 33.9 Å². The van der Waals surface area contributed by atoms with Gasteiger partial charge in [-0.1, -0.05) is 12.1 Å². The van der Waals surface area contributed by atoms with Crippen LogP contribution in [0.5, 0.6) is 0 Å². The number of hydrogen-bond acceptors (Lipinski definition) is 6. The quantitative estimate of drug-likeness (QED) is 0.648. The Hall–Kier alpha value is -3.20. The smallest absolute Gasteiger partial charge is 0.256 e. The number of carbonyl (C=O) groups is 4. The van der Waals surface area contributed by atoms with Crippen LogP contribution in [0.1, 0.15) is 44.8 Å². The van der Waals surface area contributed by atoms with E-state index in [-0.39, 0.29) is 30.6 Å². The highest BCUT2D eigenvalue weighted by atomic mass is 32.1. The molecule has 2 N–H and O–H groups in total. The van der Waals surface area contributed by atoms with Gasteiger partial charge in [-0.2, -0.15) is 0 Å². The molecule has 4 rings (SSSR count). The van der Waals surface area contributed by atoms with E-state index in [1.807, 2.05) is 38.1 Å². The average molecular weight is 455 g/mol. The third kappa shape index (κ3) is 4.25. The van der Waals surface area contributed by atoms with Crippen LogP contribution in [0, 0.1) is 6.92 Å². The van der Waals surface area contributed by atoms with Gasteiger partial charge in [0.05, 0.1) is 18.5 Å². The molecule has 4 amide bonds. The predicted molar refractivity (Wildman–Crippen MR) is 121 cm³/mol. The molecule has 1 unspecified atom stereocenters. The molecule has 32 heavy (non-hydrogen) atoms. The molecule has 1 fully saturated rings. The molecule has 1 aromatic carbocycles. The van der Waals surface area contributed by atoms with Gasteiger partial charge in [-0.25, -0.2) is 0 Å². The van der Waals surface area contributed by atoms with Crippen LogP contribution in [-0.4, -0.2) is 48.7 Å². The van der Waals surface area contributed by atoms with Crippen molar-refractivity contribution >= 4 is 40.7 Å². The van der Waals surface area contributed by atoms with E-state index >= 15 is 0 Å². The van der Waals surface area contributed by atoms with Crippen molar-refractivity contribution in [2.75, 3.05) is 19.0 Å². The second kappa shape index (κ2) is 8.74. The molecule has 0 bridgehead atoms. The first-order valence-electron chi connectivity index (χ1n) is 10.5. The van der Waals surface area contributed by atoms with Gasteiger partial charge in [0.15, 0.2) is 0 Å². The topological polar surface area (TPSA) is 98.8 Å². The summed E-state index contributed by atoms with van der Waals surface area (Å²) in [5.41, 5.74) is 4.54. The fourth-order valence-corrected chi connectivity index (χ4v) is 5.18. The van der Waals surface area contributed by atoms with Crippen molar-refractivity contribution in [2.24, 2.45) is 0 Å². The molecule has 3 heterocycles. The number of amides is 4. The molecule has 1 aromatic heterocycles. The third-order valence-electron chi connectivity index (χ3n) is 5.91. The molecule has 8 nitrogen and oxygen atoms in total. The number of thiophene rings is 1. The largest absolute Gasteiger partial charge is 0.377 e. The molecule has 0 saturated carbocycles. The van der Waals surface area contributed by atoms with E-state index in [0.717, 1.165) is 27.3 Å². The fraction of sp³-hybridized carbons (Fsp3) is 0.391. The number of hydrogen-bond donors (Lipinski definition) is 2. The zero-order valence-corrected chi connectivity index (χ0v) is 19.2. The molecular weight excluding hydrogens is 428 g/mol. The Kier molecular flexibility index (Phi) is 6.01. The summed E-state index contributed by atoms with van der Waals surface area (Å²) in [6.07, 6.45) is 0.827. The maximum absolute atomic E-state index is 12.8. The SMILES string of the molecule is Cc1ccc(CC(=O)NCc2scc3c2CN(C2CCC(=O)NC2=O)C3=O)c(N(C)C)c1. The average Bonchev–Trinajstić information content (AvgIpc) is 3.28. The number of aryl methyl sites for hydroxylation is 1. The van der Waals surface area contributed by atoms with Gasteiger partial charge in [-0.3, -0.25) is 24.5 Å². The van der Waals surface area contributed by atoms with E-state index in [0.29, 0.717) is 25.1 Å². The van der Waals surface area contributed by atoms with Crippen LogP contribution in [0.3, 0.4) is 0 Å². The molecule has 168 valence electrons. The third-order valence-corrected chi connectivity index (χ3v) is 6.94. The summed E-state index contributed by atoms with van der Waals surface area (Å²) in [4.78, 5) is 53.5. The molecule has 0 radical (unpaired) electrons. The van der Waals surface area contributed by atoms with Crippen LogP contribution in [0.2, 0.25) is 0 Å². The first kappa shape index (κ1) is 22.0. The second-order valence-electron chi connectivity index (χ2n) is 8.43. The van der Waals surface area contributed by atoms with Crippen molar-refractivity contribution in [1.82, 2.24) is 15.5 Å². The molecular formula is C23H26N4O4S. The van der Waals surface area contributed by atoms with Gasteiger partial charge in [0.2, 0.25) is 17.7 Å². The first-order chi connectivity index (χ1) is 15.2. The summed E-state index contributed by atoms with van der Waals surface area (Å²) in [6.45, 7) is 2.67. The normalized spacial score (nSPS) is 17.9. The molecule has 1 saturated heterocycles. The maximum Gasteiger partial charge on any atom is 0.256 e. The van der Waals surface area contributed by atoms with Crippen LogP contribution >= 0.6 is 11.3 Å². The Morgan fingerprint density at radius 3 is 2.78 bits per heavy atom. The van der Waals surface area contributed by atoms with Crippen LogP contribution in [0.15, 0.2) is 23.6 Å². The second-order valence-corrected chi connectivity index (χ2v) is 9.40. The van der Waals surface area contributed by atoms with Crippen molar-refractivity contribution in [2.45, 2.75) is 45.3 Å². The predicted octanol–water partition coefficient (Wildman–Crippen LogP) is 1.74. The summed E-state index contributed by atoms with van der Waals surface area (Å²) in [5, 5.41) is 7.06. The van der Waals surface area contributed by atoms with Crippen LogP contribution in [0.25, 0.3) is 0 Å². The zero-order chi connectivity index (χ0) is 23.0. The number of carbonyl (C=O) groups excluding carboxylic acids is 4. The summed E-state index contributed by atoms with van der Waals surface area (Å²) >= 11 is 1.44. The Bertz CT molecular complexity index is 1110. The van der Waals surface area contributed by atoms with Gasteiger partial charge in [0, 0.05) is 43.0 Å². The number of nitrogens with one attached hydrogen (secondary N) is 2. The van der Waals surface area contributed by atoms with Gasteiger partial charge in [-0.05, 0) is 36.1 Å². The highest BCUT2D eigenvalue weighted by Gasteiger charge is 2.40. The summed E-state index contributed by atoms with van der Waals surface area (Å²) in [7, 11) is 3.91. The highest BCUT2D eigenvalue weighted by molar-refractivity contribution is 7.10. The van der Waals surface area contributed by atoms with Gasteiger partial charge < -0.3 is 15.1 Å². The minimum Gasteiger partial charge on any atom is -0.377 e. The highest BCUT2D eigenvalue weighted by Crippen LogP contribution is 2.33. The first-order valence-corrected chi connectivity index (χ1v) is 11.4. The van der Waals surface area contributed by atoms with Crippen molar-refractivity contribution in [3.63, 3.8) is 0 Å². The van der Waals surface area contributed by atoms with E-state index in [1.54, 1.807) is 5.38 Å². The molecule has 2 aromatic rings. The standard InChI is InChI=1S/C23H26N4O4S/c1-13-4-5-14(18(8-13)26(2)3)9-21(29)24-10-19-15-11-27(23(31)16(15)12-32-19)17-6-7-20(28)25-22(17)30/h4-5,8,12,17H,6-7,9-11H2,1-3H3,(H,24,29)(H,25,28,30). The molecule has 2 aliphatic heterocycles. The lowest BCUT2D eigenvalue weighted by Gasteiger charge is -2.29. The Balaban J connectivity index is 1.41. The Morgan fingerprint density at radius 1 is 1.28 bits per heavy atom. The lowest BCUT2D eigenvalue weighted by molar-refractivity contribution is -0.137. The van der Waals surface area contributed by atoms with Crippen molar-refractivity contribution in [3.05, 3.63) is 50.7 Å². The van der Waals surface area contributed by atoms with Crippen molar-refractivity contribution < 1.29 is 19.2 Å². The minimum absolute atomic E-state index is 0.0922. The lowest BCUT2D eigenvalue weighted by Crippen LogP contribution is -2.52. The zero-order valence-electron chi connectivity index (χ0n) is 18.4. The molecule has 0 aliphatic carbocycles. The van der Waals surface area contributed by atoms with E-state index < -0.39 is 11.9 Å². The number of rotatable bonds is 6. The van der Waals surface area contributed by atoms with Crippen LogP contribution < -0.4 is 15.5 Å². The van der Waals surface area contributed by atoms with Gasteiger partial charge >= 0.3 is 0 Å². The molecule has 1 atom stereocenters.